The van der Waals surface area contributed by atoms with Gasteiger partial charge in [0.05, 0.1) is 5.56 Å². The van der Waals surface area contributed by atoms with Gasteiger partial charge >= 0.3 is 0 Å². The maximum Gasteiger partial charge on any atom is 0.261 e. The van der Waals surface area contributed by atoms with Crippen molar-refractivity contribution in [2.45, 2.75) is 40.2 Å². The van der Waals surface area contributed by atoms with Gasteiger partial charge in [-0.1, -0.05) is 39.8 Å². The highest BCUT2D eigenvalue weighted by Gasteiger charge is 2.24. The van der Waals surface area contributed by atoms with Crippen LogP contribution in [-0.4, -0.2) is 18.6 Å². The molecule has 1 aromatic rings. The van der Waals surface area contributed by atoms with Crippen LogP contribution in [0, 0.1) is 23.2 Å². The van der Waals surface area contributed by atoms with E-state index in [-0.39, 0.29) is 11.8 Å². The lowest BCUT2D eigenvalue weighted by Gasteiger charge is -2.22. The Morgan fingerprint density at radius 2 is 1.95 bits per heavy atom. The second-order valence-corrected chi connectivity index (χ2v) is 5.86. The average Bonchev–Trinajstić information content (AvgIpc) is 2.44. The summed E-state index contributed by atoms with van der Waals surface area (Å²) in [5, 5.41) is 12.0. The van der Waals surface area contributed by atoms with Gasteiger partial charge in [0, 0.05) is 6.54 Å². The molecule has 0 aliphatic carbocycles. The summed E-state index contributed by atoms with van der Waals surface area (Å²) in [6.45, 7) is 8.74. The number of carbonyl (C=O) groups is 1. The minimum Gasteiger partial charge on any atom is -0.479 e. The van der Waals surface area contributed by atoms with Gasteiger partial charge in [-0.25, -0.2) is 0 Å². The van der Waals surface area contributed by atoms with Crippen molar-refractivity contribution in [3.8, 4) is 11.8 Å². The quantitative estimate of drug-likeness (QED) is 0.838. The van der Waals surface area contributed by atoms with E-state index in [4.69, 9.17) is 10.00 Å². The fourth-order valence-electron chi connectivity index (χ4n) is 1.88. The third kappa shape index (κ3) is 5.47. The molecule has 0 saturated heterocycles. The summed E-state index contributed by atoms with van der Waals surface area (Å²) in [6, 6.07) is 9.05. The predicted molar refractivity (Wildman–Crippen MR) is 82.9 cm³/mol. The third-order valence-electron chi connectivity index (χ3n) is 3.15. The van der Waals surface area contributed by atoms with E-state index in [1.54, 1.807) is 24.3 Å². The van der Waals surface area contributed by atoms with Gasteiger partial charge in [-0.05, 0) is 30.4 Å². The molecule has 1 aromatic carbocycles. The highest BCUT2D eigenvalue weighted by atomic mass is 16.5. The maximum absolute atomic E-state index is 12.3. The van der Waals surface area contributed by atoms with Gasteiger partial charge in [0.1, 0.15) is 11.8 Å². The number of ether oxygens (including phenoxy) is 1. The lowest BCUT2D eigenvalue weighted by atomic mass is 10.1. The summed E-state index contributed by atoms with van der Waals surface area (Å²) in [7, 11) is 0. The lowest BCUT2D eigenvalue weighted by Crippen LogP contribution is -2.42. The van der Waals surface area contributed by atoms with Crippen LogP contribution < -0.4 is 10.1 Å². The molecule has 0 heterocycles. The largest absolute Gasteiger partial charge is 0.479 e. The number of hydrogen-bond donors (Lipinski definition) is 1. The predicted octanol–water partition coefficient (Wildman–Crippen LogP) is 3.12. The molecule has 0 aliphatic heterocycles. The van der Waals surface area contributed by atoms with Crippen LogP contribution in [0.1, 0.15) is 39.7 Å². The van der Waals surface area contributed by atoms with Crippen molar-refractivity contribution in [2.24, 2.45) is 11.8 Å². The number of benzene rings is 1. The van der Waals surface area contributed by atoms with E-state index in [9.17, 15) is 4.79 Å². The van der Waals surface area contributed by atoms with E-state index in [1.165, 1.54) is 0 Å². The van der Waals surface area contributed by atoms with E-state index in [0.29, 0.717) is 23.8 Å². The van der Waals surface area contributed by atoms with E-state index >= 15 is 0 Å². The Balaban J connectivity index is 2.74. The molecule has 1 atom stereocenters. The molecule has 1 unspecified atom stereocenters. The highest BCUT2D eigenvalue weighted by Crippen LogP contribution is 2.20. The average molecular weight is 288 g/mol. The van der Waals surface area contributed by atoms with E-state index in [2.05, 4.69) is 25.2 Å². The molecule has 0 aromatic heterocycles. The fourth-order valence-corrected chi connectivity index (χ4v) is 1.88. The normalized spacial score (nSPS) is 12.0. The first-order valence-electron chi connectivity index (χ1n) is 7.39. The maximum atomic E-state index is 12.3. The topological polar surface area (TPSA) is 62.1 Å². The van der Waals surface area contributed by atoms with Crippen molar-refractivity contribution in [1.82, 2.24) is 5.32 Å². The van der Waals surface area contributed by atoms with Crippen LogP contribution in [0.3, 0.4) is 0 Å². The van der Waals surface area contributed by atoms with Crippen molar-refractivity contribution >= 4 is 5.91 Å². The molecular weight excluding hydrogens is 264 g/mol. The van der Waals surface area contributed by atoms with Gasteiger partial charge < -0.3 is 10.1 Å². The van der Waals surface area contributed by atoms with Crippen molar-refractivity contribution in [3.05, 3.63) is 29.8 Å². The smallest absolute Gasteiger partial charge is 0.261 e. The molecule has 4 nitrogen and oxygen atoms in total. The molecule has 1 rings (SSSR count). The first kappa shape index (κ1) is 17.0. The molecule has 0 bridgehead atoms. The Kier molecular flexibility index (Phi) is 6.74. The number of nitrogens with one attached hydrogen (secondary N) is 1. The Bertz CT molecular complexity index is 504. The van der Waals surface area contributed by atoms with Crippen molar-refractivity contribution in [2.75, 3.05) is 6.54 Å². The summed E-state index contributed by atoms with van der Waals surface area (Å²) in [5.74, 6) is 0.898. The molecule has 1 N–H and O–H groups in total. The van der Waals surface area contributed by atoms with Gasteiger partial charge in [-0.15, -0.1) is 0 Å². The zero-order valence-corrected chi connectivity index (χ0v) is 13.2. The van der Waals surface area contributed by atoms with Gasteiger partial charge in [-0.3, -0.25) is 4.79 Å². The highest BCUT2D eigenvalue weighted by molar-refractivity contribution is 5.81. The molecule has 0 saturated carbocycles. The molecule has 1 amide bonds. The van der Waals surface area contributed by atoms with E-state index < -0.39 is 6.10 Å². The molecule has 0 radical (unpaired) electrons. The molecule has 4 heteroatoms. The zero-order valence-electron chi connectivity index (χ0n) is 13.2. The monoisotopic (exact) mass is 288 g/mol. The lowest BCUT2D eigenvalue weighted by molar-refractivity contribution is -0.129. The molecular formula is C17H24N2O2. The zero-order chi connectivity index (χ0) is 15.8. The van der Waals surface area contributed by atoms with Crippen LogP contribution in [0.25, 0.3) is 0 Å². The number of para-hydroxylation sites is 1. The van der Waals surface area contributed by atoms with Crippen LogP contribution >= 0.6 is 0 Å². The summed E-state index contributed by atoms with van der Waals surface area (Å²) >= 11 is 0. The molecule has 0 aliphatic rings. The van der Waals surface area contributed by atoms with Gasteiger partial charge in [0.15, 0.2) is 6.10 Å². The minimum atomic E-state index is -0.591. The molecule has 0 fully saturated rings. The van der Waals surface area contributed by atoms with Crippen molar-refractivity contribution < 1.29 is 9.53 Å². The summed E-state index contributed by atoms with van der Waals surface area (Å²) in [5.41, 5.74) is 0.443. The number of nitriles is 1. The Hall–Kier alpha value is -2.02. The third-order valence-corrected chi connectivity index (χ3v) is 3.15. The Morgan fingerprint density at radius 1 is 1.29 bits per heavy atom. The Morgan fingerprint density at radius 3 is 2.52 bits per heavy atom. The standard InChI is InChI=1S/C17H24N2O2/c1-12(2)9-10-19-17(20)16(13(3)4)21-15-8-6-5-7-14(15)11-18/h5-8,12-13,16H,9-10H2,1-4H3,(H,19,20). The Labute approximate surface area is 127 Å². The minimum absolute atomic E-state index is 0.0239. The number of amides is 1. The number of nitrogens with zero attached hydrogens (tertiary/aromatic N) is 1. The van der Waals surface area contributed by atoms with Crippen LogP contribution in [0.15, 0.2) is 24.3 Å². The van der Waals surface area contributed by atoms with Crippen LogP contribution in [-0.2, 0) is 4.79 Å². The number of rotatable bonds is 7. The van der Waals surface area contributed by atoms with E-state index in [1.807, 2.05) is 13.8 Å². The number of carbonyl (C=O) groups excluding carboxylic acids is 1. The van der Waals surface area contributed by atoms with Gasteiger partial charge in [0.2, 0.25) is 0 Å². The van der Waals surface area contributed by atoms with Gasteiger partial charge in [-0.2, -0.15) is 5.26 Å². The SMILES string of the molecule is CC(C)CCNC(=O)C(Oc1ccccc1C#N)C(C)C. The first-order chi connectivity index (χ1) is 9.95. The van der Waals surface area contributed by atoms with Crippen LogP contribution in [0.4, 0.5) is 0 Å². The molecule has 0 spiro atoms. The van der Waals surface area contributed by atoms with E-state index in [0.717, 1.165) is 6.42 Å². The first-order valence-corrected chi connectivity index (χ1v) is 7.39. The van der Waals surface area contributed by atoms with Gasteiger partial charge in [0.25, 0.3) is 5.91 Å². The molecule has 114 valence electrons. The molecule has 21 heavy (non-hydrogen) atoms. The summed E-state index contributed by atoms with van der Waals surface area (Å²) < 4.78 is 5.78. The van der Waals surface area contributed by atoms with Crippen molar-refractivity contribution in [3.63, 3.8) is 0 Å². The second kappa shape index (κ2) is 8.31. The second-order valence-electron chi connectivity index (χ2n) is 5.86. The van der Waals surface area contributed by atoms with Crippen LogP contribution in [0.5, 0.6) is 5.75 Å². The number of hydrogen-bond acceptors (Lipinski definition) is 3. The van der Waals surface area contributed by atoms with Crippen molar-refractivity contribution in [1.29, 1.82) is 5.26 Å². The van der Waals surface area contributed by atoms with Crippen LogP contribution in [0.2, 0.25) is 0 Å². The summed E-state index contributed by atoms with van der Waals surface area (Å²) in [6.07, 6.45) is 0.345. The summed E-state index contributed by atoms with van der Waals surface area (Å²) in [4.78, 5) is 12.3. The fraction of sp³-hybridized carbons (Fsp3) is 0.529.